The van der Waals surface area contributed by atoms with Gasteiger partial charge in [-0.25, -0.2) is 0 Å². The van der Waals surface area contributed by atoms with Crippen LogP contribution in [-0.2, 0) is 9.59 Å². The summed E-state index contributed by atoms with van der Waals surface area (Å²) < 4.78 is 0. The summed E-state index contributed by atoms with van der Waals surface area (Å²) in [5.41, 5.74) is 1.40. The van der Waals surface area contributed by atoms with Crippen molar-refractivity contribution in [1.82, 2.24) is 0 Å². The molecule has 0 aromatic heterocycles. The maximum absolute atomic E-state index is 12.8. The van der Waals surface area contributed by atoms with Crippen molar-refractivity contribution in [2.75, 3.05) is 0 Å². The van der Waals surface area contributed by atoms with Gasteiger partial charge in [-0.2, -0.15) is 0 Å². The Bertz CT molecular complexity index is 863. The molecule has 0 N–H and O–H groups in total. The smallest absolute Gasteiger partial charge is 0.194 e. The van der Waals surface area contributed by atoms with Gasteiger partial charge in [0.25, 0.3) is 0 Å². The summed E-state index contributed by atoms with van der Waals surface area (Å²) in [5, 5.41) is 0. The fourth-order valence-corrected chi connectivity index (χ4v) is 3.14. The third-order valence-corrected chi connectivity index (χ3v) is 4.11. The number of benzene rings is 2. The molecule has 0 heterocycles. The summed E-state index contributed by atoms with van der Waals surface area (Å²) in [4.78, 5) is 49.3. The Morgan fingerprint density at radius 1 is 0.739 bits per heavy atom. The number of rotatable bonds is 3. The molecule has 4 heteroatoms. The fourth-order valence-electron chi connectivity index (χ4n) is 3.14. The Morgan fingerprint density at radius 3 is 1.83 bits per heavy atom. The van der Waals surface area contributed by atoms with E-state index in [2.05, 4.69) is 0 Å². The molecule has 0 saturated heterocycles. The Balaban J connectivity index is 2.30. The molecular formula is C19H14O4. The van der Waals surface area contributed by atoms with Crippen LogP contribution in [0.5, 0.6) is 0 Å². The van der Waals surface area contributed by atoms with Gasteiger partial charge >= 0.3 is 0 Å². The number of hydrogen-bond acceptors (Lipinski definition) is 4. The first kappa shape index (κ1) is 15.0. The quantitative estimate of drug-likeness (QED) is 0.698. The van der Waals surface area contributed by atoms with Gasteiger partial charge in [-0.15, -0.1) is 0 Å². The molecule has 23 heavy (non-hydrogen) atoms. The lowest BCUT2D eigenvalue weighted by atomic mass is 9.77. The van der Waals surface area contributed by atoms with Gasteiger partial charge in [0.1, 0.15) is 17.5 Å². The highest BCUT2D eigenvalue weighted by atomic mass is 16.2. The minimum atomic E-state index is -1.02. The number of fused-ring (bicyclic) bond motifs is 2. The van der Waals surface area contributed by atoms with E-state index < -0.39 is 5.92 Å². The molecule has 0 fully saturated rings. The van der Waals surface area contributed by atoms with E-state index in [0.29, 0.717) is 16.7 Å². The monoisotopic (exact) mass is 306 g/mol. The zero-order valence-corrected chi connectivity index (χ0v) is 12.8. The minimum absolute atomic E-state index is 0.173. The van der Waals surface area contributed by atoms with Gasteiger partial charge in [0.2, 0.25) is 0 Å². The summed E-state index contributed by atoms with van der Waals surface area (Å²) in [6, 6.07) is 11.3. The van der Waals surface area contributed by atoms with Gasteiger partial charge in [-0.1, -0.05) is 42.5 Å². The molecule has 0 atom stereocenters. The zero-order valence-electron chi connectivity index (χ0n) is 12.8. The van der Waals surface area contributed by atoms with Crippen molar-refractivity contribution in [3.8, 4) is 0 Å². The van der Waals surface area contributed by atoms with Crippen molar-refractivity contribution in [2.45, 2.75) is 19.8 Å². The fraction of sp³-hybridized carbons (Fsp3) is 0.158. The molecule has 2 aromatic carbocycles. The van der Waals surface area contributed by atoms with Crippen LogP contribution < -0.4 is 0 Å². The minimum Gasteiger partial charge on any atom is -0.299 e. The highest BCUT2D eigenvalue weighted by Crippen LogP contribution is 2.33. The van der Waals surface area contributed by atoms with E-state index in [1.165, 1.54) is 13.8 Å². The number of Topliss-reactive ketones (excluding diaryl/α,β-unsaturated/α-hetero) is 2. The highest BCUT2D eigenvalue weighted by molar-refractivity contribution is 6.29. The second-order valence-corrected chi connectivity index (χ2v) is 5.63. The van der Waals surface area contributed by atoms with Crippen molar-refractivity contribution in [3.63, 3.8) is 0 Å². The molecule has 114 valence electrons. The van der Waals surface area contributed by atoms with Crippen LogP contribution in [0.25, 0.3) is 0 Å². The lowest BCUT2D eigenvalue weighted by molar-refractivity contribution is -0.126. The van der Waals surface area contributed by atoms with Crippen LogP contribution in [0.1, 0.15) is 57.2 Å². The summed E-state index contributed by atoms with van der Waals surface area (Å²) >= 11 is 0. The summed E-state index contributed by atoms with van der Waals surface area (Å²) in [6.45, 7) is 2.63. The molecule has 0 spiro atoms. The lowest BCUT2D eigenvalue weighted by Gasteiger charge is -2.22. The molecule has 2 aromatic rings. The van der Waals surface area contributed by atoms with E-state index >= 15 is 0 Å². The number of ketones is 4. The number of carbonyl (C=O) groups is 4. The normalized spacial score (nSPS) is 12.8. The van der Waals surface area contributed by atoms with Crippen molar-refractivity contribution in [2.24, 2.45) is 0 Å². The standard InChI is InChI=1S/C19H14O4/c1-10(20)16(11(2)21)14-8-5-9-15-17(14)19(23)13-7-4-3-6-12(13)18(15)22/h3-9,16H,1-2H3. The molecule has 0 saturated carbocycles. The van der Waals surface area contributed by atoms with Crippen LogP contribution >= 0.6 is 0 Å². The molecule has 3 rings (SSSR count). The summed E-state index contributed by atoms with van der Waals surface area (Å²) in [7, 11) is 0. The topological polar surface area (TPSA) is 68.3 Å². The predicted octanol–water partition coefficient (Wildman–Crippen LogP) is 2.72. The molecule has 1 aliphatic carbocycles. The number of carbonyl (C=O) groups excluding carboxylic acids is 4. The van der Waals surface area contributed by atoms with E-state index in [9.17, 15) is 19.2 Å². The van der Waals surface area contributed by atoms with E-state index in [-0.39, 0.29) is 34.3 Å². The van der Waals surface area contributed by atoms with Crippen LogP contribution in [0.2, 0.25) is 0 Å². The first-order valence-corrected chi connectivity index (χ1v) is 7.25. The SMILES string of the molecule is CC(=O)C(C(C)=O)c1cccc2c1C(=O)c1ccccc1C2=O. The molecule has 0 radical (unpaired) electrons. The largest absolute Gasteiger partial charge is 0.299 e. The molecule has 1 aliphatic rings. The van der Waals surface area contributed by atoms with E-state index in [4.69, 9.17) is 0 Å². The first-order chi connectivity index (χ1) is 10.9. The van der Waals surface area contributed by atoms with E-state index in [1.807, 2.05) is 0 Å². The molecule has 0 bridgehead atoms. The molecule has 4 nitrogen and oxygen atoms in total. The Morgan fingerprint density at radius 2 is 1.26 bits per heavy atom. The van der Waals surface area contributed by atoms with Gasteiger partial charge in [-0.05, 0) is 19.4 Å². The van der Waals surface area contributed by atoms with Crippen molar-refractivity contribution in [1.29, 1.82) is 0 Å². The Hall–Kier alpha value is -2.88. The molecule has 0 unspecified atom stereocenters. The van der Waals surface area contributed by atoms with Crippen LogP contribution in [0, 0.1) is 0 Å². The van der Waals surface area contributed by atoms with Crippen LogP contribution in [0.3, 0.4) is 0 Å². The van der Waals surface area contributed by atoms with Crippen molar-refractivity contribution in [3.05, 3.63) is 70.3 Å². The van der Waals surface area contributed by atoms with Gasteiger partial charge < -0.3 is 0 Å². The Labute approximate surface area is 133 Å². The third-order valence-electron chi connectivity index (χ3n) is 4.11. The van der Waals surface area contributed by atoms with Crippen LogP contribution in [0.4, 0.5) is 0 Å². The number of hydrogen-bond donors (Lipinski definition) is 0. The van der Waals surface area contributed by atoms with Crippen molar-refractivity contribution >= 4 is 23.1 Å². The summed E-state index contributed by atoms with van der Waals surface area (Å²) in [5.74, 6) is -2.29. The predicted molar refractivity (Wildman–Crippen MR) is 83.9 cm³/mol. The third kappa shape index (κ3) is 2.23. The van der Waals surface area contributed by atoms with Crippen LogP contribution in [0.15, 0.2) is 42.5 Å². The Kier molecular flexibility index (Phi) is 3.52. The average Bonchev–Trinajstić information content (AvgIpc) is 2.52. The second kappa shape index (κ2) is 5.39. The maximum atomic E-state index is 12.8. The van der Waals surface area contributed by atoms with E-state index in [0.717, 1.165) is 0 Å². The second-order valence-electron chi connectivity index (χ2n) is 5.63. The van der Waals surface area contributed by atoms with Crippen LogP contribution in [-0.4, -0.2) is 23.1 Å². The molecule has 0 aliphatic heterocycles. The average molecular weight is 306 g/mol. The maximum Gasteiger partial charge on any atom is 0.194 e. The van der Waals surface area contributed by atoms with E-state index in [1.54, 1.807) is 42.5 Å². The lowest BCUT2D eigenvalue weighted by Crippen LogP contribution is -2.26. The van der Waals surface area contributed by atoms with Gasteiger partial charge in [0, 0.05) is 22.3 Å². The molecule has 0 amide bonds. The van der Waals surface area contributed by atoms with Gasteiger partial charge in [-0.3, -0.25) is 19.2 Å². The highest BCUT2D eigenvalue weighted by Gasteiger charge is 2.35. The van der Waals surface area contributed by atoms with Gasteiger partial charge in [0.15, 0.2) is 11.6 Å². The van der Waals surface area contributed by atoms with Crippen molar-refractivity contribution < 1.29 is 19.2 Å². The summed E-state index contributed by atoms with van der Waals surface area (Å²) in [6.07, 6.45) is 0. The first-order valence-electron chi connectivity index (χ1n) is 7.25. The molecular weight excluding hydrogens is 292 g/mol. The zero-order chi connectivity index (χ0) is 16.7. The van der Waals surface area contributed by atoms with Gasteiger partial charge in [0.05, 0.1) is 0 Å².